The first-order valence-corrected chi connectivity index (χ1v) is 7.24. The number of nitrogens with zero attached hydrogens (tertiary/aromatic N) is 4. The van der Waals surface area contributed by atoms with E-state index in [1.165, 1.54) is 11.3 Å². The second kappa shape index (κ2) is 5.84. The number of hydrogen-bond acceptors (Lipinski definition) is 5. The molecular formula is C14H12N4O2S. The minimum absolute atomic E-state index is 0.0832. The third kappa shape index (κ3) is 3.14. The van der Waals surface area contributed by atoms with Crippen LogP contribution in [0.1, 0.15) is 12.1 Å². The summed E-state index contributed by atoms with van der Waals surface area (Å²) in [4.78, 5) is 16.5. The fraction of sp³-hybridized carbons (Fsp3) is 0.143. The molecule has 0 saturated heterocycles. The van der Waals surface area contributed by atoms with Crippen LogP contribution in [0.5, 0.6) is 0 Å². The molecule has 0 amide bonds. The number of benzene rings is 1. The zero-order valence-electron chi connectivity index (χ0n) is 11.0. The van der Waals surface area contributed by atoms with E-state index in [0.29, 0.717) is 12.1 Å². The molecule has 3 rings (SSSR count). The van der Waals surface area contributed by atoms with Crippen LogP contribution in [0.4, 0.5) is 0 Å². The molecule has 1 aromatic carbocycles. The summed E-state index contributed by atoms with van der Waals surface area (Å²) in [7, 11) is 0. The van der Waals surface area contributed by atoms with E-state index in [9.17, 15) is 4.79 Å². The molecule has 7 heteroatoms. The first kappa shape index (κ1) is 13.4. The zero-order valence-corrected chi connectivity index (χ0v) is 11.8. The Balaban J connectivity index is 1.79. The van der Waals surface area contributed by atoms with Crippen molar-refractivity contribution in [3.8, 4) is 16.4 Å². The average Bonchev–Trinajstić information content (AvgIpc) is 3.15. The van der Waals surface area contributed by atoms with Gasteiger partial charge in [0.2, 0.25) is 0 Å². The number of para-hydroxylation sites is 1. The molecule has 0 aliphatic rings. The lowest BCUT2D eigenvalue weighted by atomic mass is 10.2. The molecule has 21 heavy (non-hydrogen) atoms. The quantitative estimate of drug-likeness (QED) is 0.782. The van der Waals surface area contributed by atoms with Crippen molar-refractivity contribution in [3.05, 3.63) is 47.6 Å². The smallest absolute Gasteiger partial charge is 0.303 e. The number of aliphatic carboxylic acids is 1. The largest absolute Gasteiger partial charge is 0.481 e. The summed E-state index contributed by atoms with van der Waals surface area (Å²) in [6.07, 6.45) is 2.17. The van der Waals surface area contributed by atoms with E-state index < -0.39 is 5.97 Å². The maximum absolute atomic E-state index is 10.6. The van der Waals surface area contributed by atoms with Crippen LogP contribution in [0.25, 0.3) is 16.4 Å². The highest BCUT2D eigenvalue weighted by Gasteiger charge is 2.10. The van der Waals surface area contributed by atoms with Gasteiger partial charge in [-0.2, -0.15) is 9.90 Å². The van der Waals surface area contributed by atoms with Gasteiger partial charge in [-0.1, -0.05) is 18.2 Å². The van der Waals surface area contributed by atoms with Crippen molar-refractivity contribution in [1.29, 1.82) is 0 Å². The molecule has 0 spiro atoms. The number of hydrogen-bond donors (Lipinski definition) is 1. The van der Waals surface area contributed by atoms with Gasteiger partial charge in [-0.3, -0.25) is 4.79 Å². The second-order valence-corrected chi connectivity index (χ2v) is 5.25. The van der Waals surface area contributed by atoms with E-state index in [0.717, 1.165) is 16.4 Å². The van der Waals surface area contributed by atoms with E-state index in [1.807, 2.05) is 35.7 Å². The Hall–Kier alpha value is -2.54. The zero-order chi connectivity index (χ0) is 14.7. The third-order valence-electron chi connectivity index (χ3n) is 2.84. The first-order valence-electron chi connectivity index (χ1n) is 6.37. The van der Waals surface area contributed by atoms with Crippen molar-refractivity contribution < 1.29 is 9.90 Å². The predicted molar refractivity (Wildman–Crippen MR) is 78.4 cm³/mol. The molecule has 0 fully saturated rings. The van der Waals surface area contributed by atoms with Crippen LogP contribution < -0.4 is 0 Å². The highest BCUT2D eigenvalue weighted by atomic mass is 32.1. The third-order valence-corrected chi connectivity index (χ3v) is 3.76. The van der Waals surface area contributed by atoms with E-state index in [-0.39, 0.29) is 6.42 Å². The normalized spacial score (nSPS) is 10.7. The van der Waals surface area contributed by atoms with E-state index >= 15 is 0 Å². The number of carboxylic acid groups (broad SMARTS) is 1. The Kier molecular flexibility index (Phi) is 3.74. The lowest BCUT2D eigenvalue weighted by molar-refractivity contribution is -0.136. The predicted octanol–water partition coefficient (Wildman–Crippen LogP) is 2.41. The fourth-order valence-electron chi connectivity index (χ4n) is 1.82. The van der Waals surface area contributed by atoms with Crippen molar-refractivity contribution in [2.75, 3.05) is 0 Å². The van der Waals surface area contributed by atoms with E-state index in [1.54, 1.807) is 11.0 Å². The molecule has 0 radical (unpaired) electrons. The molecule has 0 unspecified atom stereocenters. The molecule has 2 aromatic heterocycles. The molecule has 106 valence electrons. The van der Waals surface area contributed by atoms with Gasteiger partial charge in [0.1, 0.15) is 10.7 Å². The van der Waals surface area contributed by atoms with Crippen molar-refractivity contribution in [2.45, 2.75) is 12.8 Å². The Morgan fingerprint density at radius 1 is 1.29 bits per heavy atom. The number of aryl methyl sites for hydroxylation is 1. The molecule has 2 heterocycles. The first-order chi connectivity index (χ1) is 10.2. The van der Waals surface area contributed by atoms with Gasteiger partial charge in [-0.15, -0.1) is 16.4 Å². The number of thiazole rings is 1. The van der Waals surface area contributed by atoms with Gasteiger partial charge in [0, 0.05) is 11.8 Å². The maximum atomic E-state index is 10.6. The molecule has 0 atom stereocenters. The fourth-order valence-corrected chi connectivity index (χ4v) is 2.62. The second-order valence-electron chi connectivity index (χ2n) is 4.39. The maximum Gasteiger partial charge on any atom is 0.303 e. The summed E-state index contributed by atoms with van der Waals surface area (Å²) in [5.41, 5.74) is 2.34. The van der Waals surface area contributed by atoms with E-state index in [2.05, 4.69) is 15.2 Å². The van der Waals surface area contributed by atoms with Gasteiger partial charge in [-0.25, -0.2) is 4.98 Å². The van der Waals surface area contributed by atoms with Crippen LogP contribution in [-0.4, -0.2) is 31.1 Å². The minimum Gasteiger partial charge on any atom is -0.481 e. The lowest BCUT2D eigenvalue weighted by Crippen LogP contribution is -1.98. The van der Waals surface area contributed by atoms with Crippen molar-refractivity contribution in [3.63, 3.8) is 0 Å². The van der Waals surface area contributed by atoms with Gasteiger partial charge in [0.05, 0.1) is 24.0 Å². The summed E-state index contributed by atoms with van der Waals surface area (Å²) in [6.45, 7) is 0. The topological polar surface area (TPSA) is 80.9 Å². The van der Waals surface area contributed by atoms with Crippen LogP contribution in [0.2, 0.25) is 0 Å². The summed E-state index contributed by atoms with van der Waals surface area (Å²) in [6, 6.07) is 9.62. The number of aromatic nitrogens is 4. The van der Waals surface area contributed by atoms with Crippen LogP contribution >= 0.6 is 11.3 Å². The van der Waals surface area contributed by atoms with Gasteiger partial charge in [-0.05, 0) is 12.1 Å². The van der Waals surface area contributed by atoms with Gasteiger partial charge in [0.25, 0.3) is 0 Å². The average molecular weight is 300 g/mol. The Bertz CT molecular complexity index is 751. The number of carboxylic acids is 1. The monoisotopic (exact) mass is 300 g/mol. The van der Waals surface area contributed by atoms with Crippen LogP contribution in [0.3, 0.4) is 0 Å². The molecule has 1 N–H and O–H groups in total. The Morgan fingerprint density at radius 2 is 2.10 bits per heavy atom. The molecule has 0 bridgehead atoms. The molecule has 6 nitrogen and oxygen atoms in total. The highest BCUT2D eigenvalue weighted by molar-refractivity contribution is 7.13. The minimum atomic E-state index is -0.820. The van der Waals surface area contributed by atoms with Crippen LogP contribution in [0, 0.1) is 0 Å². The standard InChI is InChI=1S/C14H12N4O2S/c19-13(20)7-6-10-9-21-14(16-10)12-8-15-18(17-12)11-4-2-1-3-5-11/h1-5,8-9H,6-7H2,(H,19,20). The number of rotatable bonds is 5. The van der Waals surface area contributed by atoms with Crippen LogP contribution in [0.15, 0.2) is 41.9 Å². The SMILES string of the molecule is O=C(O)CCc1csc(-c2cnn(-c3ccccc3)n2)n1. The highest BCUT2D eigenvalue weighted by Crippen LogP contribution is 2.22. The van der Waals surface area contributed by atoms with Crippen molar-refractivity contribution in [2.24, 2.45) is 0 Å². The summed E-state index contributed by atoms with van der Waals surface area (Å²) < 4.78 is 0. The van der Waals surface area contributed by atoms with Crippen molar-refractivity contribution in [1.82, 2.24) is 20.0 Å². The van der Waals surface area contributed by atoms with E-state index in [4.69, 9.17) is 5.11 Å². The summed E-state index contributed by atoms with van der Waals surface area (Å²) in [5, 5.41) is 19.9. The summed E-state index contributed by atoms with van der Waals surface area (Å²) in [5.74, 6) is -0.820. The van der Waals surface area contributed by atoms with Crippen molar-refractivity contribution >= 4 is 17.3 Å². The van der Waals surface area contributed by atoms with Gasteiger partial charge >= 0.3 is 5.97 Å². The molecular weight excluding hydrogens is 288 g/mol. The van der Waals surface area contributed by atoms with Gasteiger partial charge < -0.3 is 5.11 Å². The Labute approximate surface area is 124 Å². The molecule has 0 saturated carbocycles. The molecule has 0 aliphatic carbocycles. The molecule has 0 aliphatic heterocycles. The summed E-state index contributed by atoms with van der Waals surface area (Å²) >= 11 is 1.44. The number of carbonyl (C=O) groups is 1. The Morgan fingerprint density at radius 3 is 2.86 bits per heavy atom. The van der Waals surface area contributed by atoms with Gasteiger partial charge in [0.15, 0.2) is 0 Å². The van der Waals surface area contributed by atoms with Crippen LogP contribution in [-0.2, 0) is 11.2 Å². The molecule has 3 aromatic rings. The lowest BCUT2D eigenvalue weighted by Gasteiger charge is -1.96.